The maximum Gasteiger partial charge on any atom is 0.260 e. The van der Waals surface area contributed by atoms with Gasteiger partial charge in [-0.25, -0.2) is 4.39 Å². The lowest BCUT2D eigenvalue weighted by atomic mass is 10.1. The molecular weight excluding hydrogens is 269 g/mol. The van der Waals surface area contributed by atoms with E-state index in [2.05, 4.69) is 0 Å². The zero-order chi connectivity index (χ0) is 15.2. The molecule has 110 valence electrons. The highest BCUT2D eigenvalue weighted by atomic mass is 19.1. The molecule has 0 aliphatic heterocycles. The van der Waals surface area contributed by atoms with Crippen LogP contribution in [0, 0.1) is 5.82 Å². The van der Waals surface area contributed by atoms with E-state index in [0.29, 0.717) is 5.75 Å². The number of carbonyl (C=O) groups excluding carboxylic acids is 1. The van der Waals surface area contributed by atoms with Crippen LogP contribution >= 0.6 is 0 Å². The Bertz CT molecular complexity index is 583. The number of halogens is 1. The van der Waals surface area contributed by atoms with Crippen molar-refractivity contribution in [1.29, 1.82) is 0 Å². The number of ether oxygens (including phenoxy) is 1. The molecule has 0 saturated carbocycles. The quantitative estimate of drug-likeness (QED) is 0.843. The Morgan fingerprint density at radius 3 is 2.38 bits per heavy atom. The first-order valence-corrected chi connectivity index (χ1v) is 6.77. The van der Waals surface area contributed by atoms with Crippen LogP contribution in [0.25, 0.3) is 0 Å². The minimum Gasteiger partial charge on any atom is -0.484 e. The van der Waals surface area contributed by atoms with Crippen molar-refractivity contribution in [2.24, 2.45) is 0 Å². The molecule has 2 rings (SSSR count). The van der Waals surface area contributed by atoms with Crippen molar-refractivity contribution in [3.05, 3.63) is 66.0 Å². The van der Waals surface area contributed by atoms with E-state index in [4.69, 9.17) is 4.74 Å². The number of rotatable bonds is 5. The largest absolute Gasteiger partial charge is 0.484 e. The molecule has 0 N–H and O–H groups in total. The van der Waals surface area contributed by atoms with Crippen molar-refractivity contribution >= 4 is 5.91 Å². The molecule has 1 atom stereocenters. The van der Waals surface area contributed by atoms with Crippen LogP contribution in [0.4, 0.5) is 4.39 Å². The molecule has 21 heavy (non-hydrogen) atoms. The Kier molecular flexibility index (Phi) is 4.93. The zero-order valence-electron chi connectivity index (χ0n) is 12.1. The summed E-state index contributed by atoms with van der Waals surface area (Å²) in [6, 6.07) is 15.2. The third-order valence-corrected chi connectivity index (χ3v) is 3.43. The maximum atomic E-state index is 12.9. The average Bonchev–Trinajstić information content (AvgIpc) is 2.53. The van der Waals surface area contributed by atoms with E-state index in [1.165, 1.54) is 12.1 Å². The lowest BCUT2D eigenvalue weighted by molar-refractivity contribution is -0.134. The van der Waals surface area contributed by atoms with Crippen LogP contribution in [0.3, 0.4) is 0 Å². The van der Waals surface area contributed by atoms with Crippen molar-refractivity contribution in [2.45, 2.75) is 13.0 Å². The molecule has 0 aliphatic carbocycles. The molecule has 0 radical (unpaired) electrons. The van der Waals surface area contributed by atoms with E-state index in [1.807, 2.05) is 25.1 Å². The highest BCUT2D eigenvalue weighted by Gasteiger charge is 2.17. The number of likely N-dealkylation sites (N-methyl/N-ethyl adjacent to an activating group) is 1. The van der Waals surface area contributed by atoms with Crippen molar-refractivity contribution in [2.75, 3.05) is 13.7 Å². The number of nitrogens with zero attached hydrogens (tertiary/aromatic N) is 1. The van der Waals surface area contributed by atoms with Crippen molar-refractivity contribution < 1.29 is 13.9 Å². The summed E-state index contributed by atoms with van der Waals surface area (Å²) in [4.78, 5) is 13.7. The summed E-state index contributed by atoms with van der Waals surface area (Å²) in [7, 11) is 1.71. The van der Waals surface area contributed by atoms with Gasteiger partial charge in [-0.3, -0.25) is 4.79 Å². The Hall–Kier alpha value is -2.36. The maximum absolute atomic E-state index is 12.9. The SMILES string of the molecule is CC(c1ccc(F)cc1)N(C)C(=O)COc1ccccc1. The summed E-state index contributed by atoms with van der Waals surface area (Å²) in [5.74, 6) is 0.247. The Balaban J connectivity index is 1.94. The van der Waals surface area contributed by atoms with Gasteiger partial charge in [0.05, 0.1) is 6.04 Å². The fourth-order valence-electron chi connectivity index (χ4n) is 1.94. The summed E-state index contributed by atoms with van der Waals surface area (Å²) >= 11 is 0. The first-order valence-electron chi connectivity index (χ1n) is 6.77. The van der Waals surface area contributed by atoms with E-state index < -0.39 is 0 Å². The van der Waals surface area contributed by atoms with E-state index in [0.717, 1.165) is 5.56 Å². The van der Waals surface area contributed by atoms with Gasteiger partial charge in [-0.05, 0) is 36.8 Å². The third kappa shape index (κ3) is 4.05. The molecule has 0 aromatic heterocycles. The van der Waals surface area contributed by atoms with Gasteiger partial charge in [0, 0.05) is 7.05 Å². The smallest absolute Gasteiger partial charge is 0.260 e. The molecule has 0 spiro atoms. The Labute approximate surface area is 124 Å². The molecule has 0 heterocycles. The van der Waals surface area contributed by atoms with Crippen molar-refractivity contribution in [3.63, 3.8) is 0 Å². The number of hydrogen-bond acceptors (Lipinski definition) is 2. The molecule has 3 nitrogen and oxygen atoms in total. The van der Waals surface area contributed by atoms with Crippen LogP contribution in [0.1, 0.15) is 18.5 Å². The average molecular weight is 287 g/mol. The fraction of sp³-hybridized carbons (Fsp3) is 0.235. The zero-order valence-corrected chi connectivity index (χ0v) is 12.1. The number of amides is 1. The first kappa shape index (κ1) is 15.0. The number of para-hydroxylation sites is 1. The van der Waals surface area contributed by atoms with Crippen molar-refractivity contribution in [1.82, 2.24) is 4.90 Å². The molecule has 2 aromatic carbocycles. The monoisotopic (exact) mass is 287 g/mol. The predicted octanol–water partition coefficient (Wildman–Crippen LogP) is 3.42. The van der Waals surface area contributed by atoms with E-state index in [9.17, 15) is 9.18 Å². The highest BCUT2D eigenvalue weighted by Crippen LogP contribution is 2.19. The van der Waals surface area contributed by atoms with Crippen LogP contribution in [-0.4, -0.2) is 24.5 Å². The summed E-state index contributed by atoms with van der Waals surface area (Å²) in [6.07, 6.45) is 0. The van der Waals surface area contributed by atoms with Gasteiger partial charge >= 0.3 is 0 Å². The fourth-order valence-corrected chi connectivity index (χ4v) is 1.94. The van der Waals surface area contributed by atoms with Gasteiger partial charge in [0.2, 0.25) is 0 Å². The minimum absolute atomic E-state index is 0.0218. The van der Waals surface area contributed by atoms with Gasteiger partial charge in [-0.1, -0.05) is 30.3 Å². The molecule has 0 fully saturated rings. The summed E-state index contributed by atoms with van der Waals surface area (Å²) in [5.41, 5.74) is 0.881. The second-order valence-corrected chi connectivity index (χ2v) is 4.83. The second-order valence-electron chi connectivity index (χ2n) is 4.83. The minimum atomic E-state index is -0.285. The molecule has 1 amide bonds. The van der Waals surface area contributed by atoms with Crippen LogP contribution in [0.5, 0.6) is 5.75 Å². The van der Waals surface area contributed by atoms with Crippen molar-refractivity contribution in [3.8, 4) is 5.75 Å². The molecular formula is C17H18FNO2. The summed E-state index contributed by atoms with van der Waals surface area (Å²) in [5, 5.41) is 0. The lowest BCUT2D eigenvalue weighted by Crippen LogP contribution is -2.33. The van der Waals surface area contributed by atoms with E-state index in [-0.39, 0.29) is 24.4 Å². The number of benzene rings is 2. The third-order valence-electron chi connectivity index (χ3n) is 3.43. The van der Waals surface area contributed by atoms with Gasteiger partial charge in [-0.2, -0.15) is 0 Å². The molecule has 0 saturated heterocycles. The Morgan fingerprint density at radius 2 is 1.76 bits per heavy atom. The van der Waals surface area contributed by atoms with Gasteiger partial charge < -0.3 is 9.64 Å². The molecule has 4 heteroatoms. The lowest BCUT2D eigenvalue weighted by Gasteiger charge is -2.25. The number of hydrogen-bond donors (Lipinski definition) is 0. The van der Waals surface area contributed by atoms with E-state index >= 15 is 0 Å². The highest BCUT2D eigenvalue weighted by molar-refractivity contribution is 5.78. The predicted molar refractivity (Wildman–Crippen MR) is 79.5 cm³/mol. The molecule has 0 aliphatic rings. The van der Waals surface area contributed by atoms with E-state index in [1.54, 1.807) is 36.2 Å². The van der Waals surface area contributed by atoms with Crippen LogP contribution in [0.2, 0.25) is 0 Å². The van der Waals surface area contributed by atoms with Crippen LogP contribution < -0.4 is 4.74 Å². The summed E-state index contributed by atoms with van der Waals surface area (Å²) < 4.78 is 18.4. The standard InChI is InChI=1S/C17H18FNO2/c1-13(14-8-10-15(18)11-9-14)19(2)17(20)12-21-16-6-4-3-5-7-16/h3-11,13H,12H2,1-2H3. The first-order chi connectivity index (χ1) is 10.1. The van der Waals surface area contributed by atoms with Gasteiger partial charge in [0.15, 0.2) is 6.61 Å². The van der Waals surface area contributed by atoms with Crippen LogP contribution in [0.15, 0.2) is 54.6 Å². The topological polar surface area (TPSA) is 29.5 Å². The van der Waals surface area contributed by atoms with Gasteiger partial charge in [-0.15, -0.1) is 0 Å². The summed E-state index contributed by atoms with van der Waals surface area (Å²) in [6.45, 7) is 1.87. The second kappa shape index (κ2) is 6.88. The van der Waals surface area contributed by atoms with Gasteiger partial charge in [0.1, 0.15) is 11.6 Å². The Morgan fingerprint density at radius 1 is 1.14 bits per heavy atom. The molecule has 0 bridgehead atoms. The molecule has 1 unspecified atom stereocenters. The molecule has 2 aromatic rings. The van der Waals surface area contributed by atoms with Gasteiger partial charge in [0.25, 0.3) is 5.91 Å². The normalized spacial score (nSPS) is 11.8. The number of carbonyl (C=O) groups is 1. The van der Waals surface area contributed by atoms with Crippen LogP contribution in [-0.2, 0) is 4.79 Å².